The van der Waals surface area contributed by atoms with E-state index in [-0.39, 0.29) is 6.54 Å². The molecule has 2 aromatic carbocycles. The lowest BCUT2D eigenvalue weighted by atomic mass is 10.2. The van der Waals surface area contributed by atoms with Crippen LogP contribution in [0.2, 0.25) is 5.02 Å². The van der Waals surface area contributed by atoms with E-state index in [1.807, 2.05) is 24.3 Å². The summed E-state index contributed by atoms with van der Waals surface area (Å²) in [6.45, 7) is -0.195. The molecule has 0 spiro atoms. The highest BCUT2D eigenvalue weighted by Gasteiger charge is 2.10. The van der Waals surface area contributed by atoms with Gasteiger partial charge in [-0.25, -0.2) is 5.43 Å². The predicted octanol–water partition coefficient (Wildman–Crippen LogP) is 2.98. The third-order valence-electron chi connectivity index (χ3n) is 2.78. The predicted molar refractivity (Wildman–Crippen MR) is 93.7 cm³/mol. The maximum absolute atomic E-state index is 11.9. The topological polar surface area (TPSA) is 70.6 Å². The molecule has 7 heteroatoms. The van der Waals surface area contributed by atoms with E-state index in [2.05, 4.69) is 31.8 Å². The summed E-state index contributed by atoms with van der Waals surface area (Å²) in [5.74, 6) is -0.849. The molecule has 0 fully saturated rings. The lowest BCUT2D eigenvalue weighted by molar-refractivity contribution is -0.120. The molecule has 0 aliphatic carbocycles. The minimum absolute atomic E-state index is 0.195. The van der Waals surface area contributed by atoms with Gasteiger partial charge < -0.3 is 5.32 Å². The smallest absolute Gasteiger partial charge is 0.259 e. The van der Waals surface area contributed by atoms with Crippen LogP contribution in [0, 0.1) is 0 Å². The molecule has 2 N–H and O–H groups in total. The Morgan fingerprint density at radius 3 is 2.70 bits per heavy atom. The summed E-state index contributed by atoms with van der Waals surface area (Å²) in [5.41, 5.74) is 3.49. The van der Waals surface area contributed by atoms with Crippen LogP contribution in [-0.4, -0.2) is 24.6 Å². The van der Waals surface area contributed by atoms with Gasteiger partial charge in [-0.3, -0.25) is 9.59 Å². The Kier molecular flexibility index (Phi) is 6.31. The summed E-state index contributed by atoms with van der Waals surface area (Å²) >= 11 is 9.25. The third-order valence-corrected chi connectivity index (χ3v) is 3.60. The lowest BCUT2D eigenvalue weighted by Gasteiger charge is -2.05. The van der Waals surface area contributed by atoms with Gasteiger partial charge in [-0.1, -0.05) is 51.8 Å². The van der Waals surface area contributed by atoms with Crippen molar-refractivity contribution in [1.29, 1.82) is 0 Å². The van der Waals surface area contributed by atoms with Crippen LogP contribution in [0.1, 0.15) is 15.9 Å². The standard InChI is InChI=1S/C16H13BrClN3O2/c17-12-5-3-4-11(8-12)9-20-21-15(22)10-19-16(23)13-6-1-2-7-14(13)18/h1-9H,10H2,(H,19,23)(H,21,22). The van der Waals surface area contributed by atoms with E-state index in [0.717, 1.165) is 10.0 Å². The van der Waals surface area contributed by atoms with Gasteiger partial charge in [-0.05, 0) is 29.8 Å². The number of carbonyl (C=O) groups is 2. The van der Waals surface area contributed by atoms with Gasteiger partial charge in [0.15, 0.2) is 0 Å². The van der Waals surface area contributed by atoms with Gasteiger partial charge in [0, 0.05) is 4.47 Å². The number of carbonyl (C=O) groups excluding carboxylic acids is 2. The lowest BCUT2D eigenvalue weighted by Crippen LogP contribution is -2.35. The van der Waals surface area contributed by atoms with Gasteiger partial charge in [0.2, 0.25) is 0 Å². The second kappa shape index (κ2) is 8.45. The molecule has 2 aromatic rings. The summed E-state index contributed by atoms with van der Waals surface area (Å²) in [6.07, 6.45) is 1.51. The number of amides is 2. The number of nitrogens with zero attached hydrogens (tertiary/aromatic N) is 1. The van der Waals surface area contributed by atoms with Crippen molar-refractivity contribution in [1.82, 2.24) is 10.7 Å². The van der Waals surface area contributed by atoms with Gasteiger partial charge in [0.1, 0.15) is 0 Å². The second-order valence-electron chi connectivity index (χ2n) is 4.51. The van der Waals surface area contributed by atoms with Crippen molar-refractivity contribution >= 4 is 45.6 Å². The first-order valence-corrected chi connectivity index (χ1v) is 7.83. The fraction of sp³-hybridized carbons (Fsp3) is 0.0625. The number of rotatable bonds is 5. The number of benzene rings is 2. The van der Waals surface area contributed by atoms with Crippen LogP contribution in [-0.2, 0) is 4.79 Å². The average molecular weight is 395 g/mol. The molecule has 0 unspecified atom stereocenters. The van der Waals surface area contributed by atoms with Crippen molar-refractivity contribution in [2.45, 2.75) is 0 Å². The fourth-order valence-corrected chi connectivity index (χ4v) is 2.34. The minimum atomic E-state index is -0.434. The number of halogens is 2. The quantitative estimate of drug-likeness (QED) is 0.604. The van der Waals surface area contributed by atoms with E-state index in [4.69, 9.17) is 11.6 Å². The molecule has 0 saturated heterocycles. The van der Waals surface area contributed by atoms with Crippen molar-refractivity contribution in [2.24, 2.45) is 5.10 Å². The van der Waals surface area contributed by atoms with Crippen LogP contribution < -0.4 is 10.7 Å². The van der Waals surface area contributed by atoms with E-state index in [9.17, 15) is 9.59 Å². The zero-order valence-corrected chi connectivity index (χ0v) is 14.3. The van der Waals surface area contributed by atoms with Gasteiger partial charge in [0.25, 0.3) is 11.8 Å². The number of hydrazone groups is 1. The Balaban J connectivity index is 1.81. The van der Waals surface area contributed by atoms with Gasteiger partial charge in [0.05, 0.1) is 23.3 Å². The summed E-state index contributed by atoms with van der Waals surface area (Å²) in [5, 5.41) is 6.64. The zero-order valence-electron chi connectivity index (χ0n) is 11.9. The van der Waals surface area contributed by atoms with Crippen molar-refractivity contribution < 1.29 is 9.59 Å². The number of hydrogen-bond acceptors (Lipinski definition) is 3. The molecule has 2 amide bonds. The van der Waals surface area contributed by atoms with Crippen LogP contribution in [0.15, 0.2) is 58.1 Å². The first-order chi connectivity index (χ1) is 11.1. The Morgan fingerprint density at radius 1 is 1.17 bits per heavy atom. The largest absolute Gasteiger partial charge is 0.343 e. The van der Waals surface area contributed by atoms with Crippen molar-refractivity contribution in [3.05, 3.63) is 69.2 Å². The molecule has 0 heterocycles. The molecule has 0 aromatic heterocycles. The van der Waals surface area contributed by atoms with Crippen LogP contribution in [0.3, 0.4) is 0 Å². The van der Waals surface area contributed by atoms with E-state index >= 15 is 0 Å². The second-order valence-corrected chi connectivity index (χ2v) is 5.83. The Morgan fingerprint density at radius 2 is 1.96 bits per heavy atom. The van der Waals surface area contributed by atoms with Gasteiger partial charge in [-0.2, -0.15) is 5.10 Å². The first-order valence-electron chi connectivity index (χ1n) is 6.66. The van der Waals surface area contributed by atoms with Crippen molar-refractivity contribution in [2.75, 3.05) is 6.54 Å². The highest BCUT2D eigenvalue weighted by Crippen LogP contribution is 2.14. The van der Waals surface area contributed by atoms with Crippen LogP contribution in [0.5, 0.6) is 0 Å². The molecule has 118 valence electrons. The van der Waals surface area contributed by atoms with E-state index < -0.39 is 11.8 Å². The summed E-state index contributed by atoms with van der Waals surface area (Å²) in [4.78, 5) is 23.5. The number of hydrogen-bond donors (Lipinski definition) is 2. The molecule has 0 bridgehead atoms. The fourth-order valence-electron chi connectivity index (χ4n) is 1.71. The SMILES string of the molecule is O=C(CNC(=O)c1ccccc1Cl)NN=Cc1cccc(Br)c1. The Bertz CT molecular complexity index is 750. The third kappa shape index (κ3) is 5.50. The molecular weight excluding hydrogens is 382 g/mol. The van der Waals surface area contributed by atoms with Crippen LogP contribution in [0.4, 0.5) is 0 Å². The van der Waals surface area contributed by atoms with Gasteiger partial charge in [-0.15, -0.1) is 0 Å². The molecule has 0 radical (unpaired) electrons. The number of nitrogens with one attached hydrogen (secondary N) is 2. The van der Waals surface area contributed by atoms with Gasteiger partial charge >= 0.3 is 0 Å². The molecule has 23 heavy (non-hydrogen) atoms. The van der Waals surface area contributed by atoms with Crippen molar-refractivity contribution in [3.8, 4) is 0 Å². The van der Waals surface area contributed by atoms with Crippen LogP contribution in [0.25, 0.3) is 0 Å². The van der Waals surface area contributed by atoms with E-state index in [0.29, 0.717) is 10.6 Å². The van der Waals surface area contributed by atoms with E-state index in [1.165, 1.54) is 6.21 Å². The normalized spacial score (nSPS) is 10.5. The Labute approximate surface area is 146 Å². The summed E-state index contributed by atoms with van der Waals surface area (Å²) in [6, 6.07) is 14.1. The molecular formula is C16H13BrClN3O2. The average Bonchev–Trinajstić information content (AvgIpc) is 2.53. The highest BCUT2D eigenvalue weighted by atomic mass is 79.9. The molecule has 2 rings (SSSR count). The van der Waals surface area contributed by atoms with E-state index in [1.54, 1.807) is 24.3 Å². The monoisotopic (exact) mass is 393 g/mol. The van der Waals surface area contributed by atoms with Crippen molar-refractivity contribution in [3.63, 3.8) is 0 Å². The maximum atomic E-state index is 11.9. The maximum Gasteiger partial charge on any atom is 0.259 e. The molecule has 0 aliphatic heterocycles. The Hall–Kier alpha value is -2.18. The molecule has 0 aliphatic rings. The summed E-state index contributed by atoms with van der Waals surface area (Å²) in [7, 11) is 0. The highest BCUT2D eigenvalue weighted by molar-refractivity contribution is 9.10. The molecule has 0 atom stereocenters. The minimum Gasteiger partial charge on any atom is -0.343 e. The van der Waals surface area contributed by atoms with Crippen LogP contribution >= 0.6 is 27.5 Å². The zero-order chi connectivity index (χ0) is 16.7. The first kappa shape index (κ1) is 17.2. The summed E-state index contributed by atoms with van der Waals surface area (Å²) < 4.78 is 0.916. The molecule has 5 nitrogen and oxygen atoms in total. The molecule has 0 saturated carbocycles.